The van der Waals surface area contributed by atoms with E-state index in [9.17, 15) is 4.79 Å². The van der Waals surface area contributed by atoms with Gasteiger partial charge in [0.2, 0.25) is 0 Å². The Morgan fingerprint density at radius 2 is 2.25 bits per heavy atom. The van der Waals surface area contributed by atoms with E-state index in [1.54, 1.807) is 10.8 Å². The second-order valence-electron chi connectivity index (χ2n) is 3.44. The summed E-state index contributed by atoms with van der Waals surface area (Å²) in [7, 11) is 0. The summed E-state index contributed by atoms with van der Waals surface area (Å²) in [6.45, 7) is 0.581. The molecule has 0 fully saturated rings. The second-order valence-corrected chi connectivity index (χ2v) is 3.87. The molecule has 1 heterocycles. The van der Waals surface area contributed by atoms with Crippen LogP contribution in [0.2, 0.25) is 5.02 Å². The van der Waals surface area contributed by atoms with Crippen LogP contribution < -0.4 is 11.3 Å². The van der Waals surface area contributed by atoms with Crippen LogP contribution in [0.25, 0.3) is 0 Å². The molecule has 0 bridgehead atoms. The van der Waals surface area contributed by atoms with Gasteiger partial charge in [0, 0.05) is 17.8 Å². The van der Waals surface area contributed by atoms with Crippen LogP contribution >= 0.6 is 11.6 Å². The third kappa shape index (κ3) is 2.41. The minimum atomic E-state index is -0.401. The minimum absolute atomic E-state index is 0.143. The summed E-state index contributed by atoms with van der Waals surface area (Å²) in [5, 5.41) is 0.680. The average Bonchev–Trinajstić information content (AvgIpc) is 2.24. The molecule has 0 saturated heterocycles. The Kier molecular flexibility index (Phi) is 2.92. The first-order valence-electron chi connectivity index (χ1n) is 4.71. The third-order valence-electron chi connectivity index (χ3n) is 2.13. The Hall–Kier alpha value is -1.81. The van der Waals surface area contributed by atoms with Crippen LogP contribution in [-0.4, -0.2) is 9.55 Å². The number of halogens is 1. The molecular weight excluding hydrogens is 226 g/mol. The zero-order valence-corrected chi connectivity index (χ0v) is 9.19. The van der Waals surface area contributed by atoms with Crippen molar-refractivity contribution in [3.05, 3.63) is 57.7 Å². The molecule has 0 aliphatic heterocycles. The molecule has 2 N–H and O–H groups in total. The van der Waals surface area contributed by atoms with Gasteiger partial charge in [-0.3, -0.25) is 4.79 Å². The van der Waals surface area contributed by atoms with E-state index in [2.05, 4.69) is 4.98 Å². The maximum atomic E-state index is 11.0. The maximum absolute atomic E-state index is 11.0. The Morgan fingerprint density at radius 3 is 2.94 bits per heavy atom. The van der Waals surface area contributed by atoms with E-state index in [1.165, 1.54) is 6.33 Å². The lowest BCUT2D eigenvalue weighted by molar-refractivity contribution is 0.763. The molecule has 16 heavy (non-hydrogen) atoms. The van der Waals surface area contributed by atoms with Crippen LogP contribution in [0.15, 0.2) is 41.6 Å². The second kappa shape index (κ2) is 4.37. The van der Waals surface area contributed by atoms with Gasteiger partial charge in [-0.1, -0.05) is 23.7 Å². The van der Waals surface area contributed by atoms with Gasteiger partial charge in [0.15, 0.2) is 0 Å². The summed E-state index contributed by atoms with van der Waals surface area (Å²) in [5.74, 6) is 0. The molecule has 1 aromatic heterocycles. The standard InChI is InChI=1S/C11H10ClN3O/c12-9-3-1-2-8(4-9)5-15-6-10(13)11(16)14-7-15/h1-4,6-7H,5,13H2. The number of hydrogen-bond acceptors (Lipinski definition) is 3. The lowest BCUT2D eigenvalue weighted by atomic mass is 10.2. The fourth-order valence-corrected chi connectivity index (χ4v) is 1.61. The molecule has 0 radical (unpaired) electrons. The zero-order valence-electron chi connectivity index (χ0n) is 8.43. The number of aromatic nitrogens is 2. The molecule has 0 saturated carbocycles. The number of hydrogen-bond donors (Lipinski definition) is 1. The smallest absolute Gasteiger partial charge is 0.295 e. The van der Waals surface area contributed by atoms with Crippen molar-refractivity contribution >= 4 is 17.3 Å². The number of nitrogens with two attached hydrogens (primary N) is 1. The van der Waals surface area contributed by atoms with Gasteiger partial charge in [-0.2, -0.15) is 4.98 Å². The lowest BCUT2D eigenvalue weighted by Crippen LogP contribution is -2.15. The van der Waals surface area contributed by atoms with Crippen LogP contribution in [0.5, 0.6) is 0 Å². The fraction of sp³-hybridized carbons (Fsp3) is 0.0909. The normalized spacial score (nSPS) is 10.3. The van der Waals surface area contributed by atoms with E-state index in [0.29, 0.717) is 11.6 Å². The molecule has 1 aromatic carbocycles. The van der Waals surface area contributed by atoms with Crippen molar-refractivity contribution in [3.8, 4) is 0 Å². The highest BCUT2D eigenvalue weighted by Crippen LogP contribution is 2.11. The van der Waals surface area contributed by atoms with E-state index in [-0.39, 0.29) is 5.69 Å². The monoisotopic (exact) mass is 235 g/mol. The first-order valence-corrected chi connectivity index (χ1v) is 5.09. The highest BCUT2D eigenvalue weighted by atomic mass is 35.5. The molecule has 5 heteroatoms. The summed E-state index contributed by atoms with van der Waals surface area (Å²) in [5.41, 5.74) is 6.25. The van der Waals surface area contributed by atoms with Crippen molar-refractivity contribution in [2.45, 2.75) is 6.54 Å². The van der Waals surface area contributed by atoms with E-state index in [1.807, 2.05) is 24.3 Å². The Morgan fingerprint density at radius 1 is 1.44 bits per heavy atom. The van der Waals surface area contributed by atoms with Crippen LogP contribution in [0, 0.1) is 0 Å². The highest BCUT2D eigenvalue weighted by molar-refractivity contribution is 6.30. The van der Waals surface area contributed by atoms with Crippen molar-refractivity contribution < 1.29 is 0 Å². The van der Waals surface area contributed by atoms with Crippen molar-refractivity contribution in [1.29, 1.82) is 0 Å². The summed E-state index contributed by atoms with van der Waals surface area (Å²) < 4.78 is 1.74. The molecule has 0 atom stereocenters. The first kappa shape index (κ1) is 10.7. The molecule has 2 rings (SSSR count). The Bertz CT molecular complexity index is 565. The molecule has 0 unspecified atom stereocenters. The van der Waals surface area contributed by atoms with E-state index in [4.69, 9.17) is 17.3 Å². The maximum Gasteiger partial charge on any atom is 0.295 e. The molecule has 0 aliphatic rings. The highest BCUT2D eigenvalue weighted by Gasteiger charge is 1.98. The number of nitrogens with zero attached hydrogens (tertiary/aromatic N) is 2. The average molecular weight is 236 g/mol. The van der Waals surface area contributed by atoms with E-state index < -0.39 is 5.56 Å². The SMILES string of the molecule is Nc1cn(Cc2cccc(Cl)c2)cnc1=O. The van der Waals surface area contributed by atoms with Gasteiger partial charge < -0.3 is 10.3 Å². The molecule has 4 nitrogen and oxygen atoms in total. The van der Waals surface area contributed by atoms with Gasteiger partial charge in [-0.05, 0) is 17.7 Å². The van der Waals surface area contributed by atoms with Crippen molar-refractivity contribution in [1.82, 2.24) is 9.55 Å². The van der Waals surface area contributed by atoms with Crippen LogP contribution in [0.1, 0.15) is 5.56 Å². The van der Waals surface area contributed by atoms with Gasteiger partial charge >= 0.3 is 0 Å². The molecular formula is C11H10ClN3O. The number of nitrogen functional groups attached to an aromatic ring is 1. The third-order valence-corrected chi connectivity index (χ3v) is 2.36. The Balaban J connectivity index is 2.27. The predicted octanol–water partition coefficient (Wildman–Crippen LogP) is 1.53. The van der Waals surface area contributed by atoms with Crippen molar-refractivity contribution in [2.75, 3.05) is 5.73 Å². The summed E-state index contributed by atoms with van der Waals surface area (Å²) >= 11 is 5.87. The minimum Gasteiger partial charge on any atom is -0.393 e. The number of benzene rings is 1. The molecule has 82 valence electrons. The first-order chi connectivity index (χ1) is 7.65. The van der Waals surface area contributed by atoms with Crippen LogP contribution in [0.4, 0.5) is 5.69 Å². The quantitative estimate of drug-likeness (QED) is 0.859. The Labute approximate surface area is 97.3 Å². The largest absolute Gasteiger partial charge is 0.393 e. The van der Waals surface area contributed by atoms with Crippen molar-refractivity contribution in [2.24, 2.45) is 0 Å². The molecule has 0 aliphatic carbocycles. The summed E-state index contributed by atoms with van der Waals surface area (Å²) in [6, 6.07) is 7.48. The number of anilines is 1. The fourth-order valence-electron chi connectivity index (χ4n) is 1.40. The van der Waals surface area contributed by atoms with Gasteiger partial charge in [-0.25, -0.2) is 0 Å². The lowest BCUT2D eigenvalue weighted by Gasteiger charge is -2.06. The van der Waals surface area contributed by atoms with Gasteiger partial charge in [0.25, 0.3) is 5.56 Å². The van der Waals surface area contributed by atoms with E-state index >= 15 is 0 Å². The number of rotatable bonds is 2. The topological polar surface area (TPSA) is 60.9 Å². The van der Waals surface area contributed by atoms with Crippen molar-refractivity contribution in [3.63, 3.8) is 0 Å². The molecule has 0 spiro atoms. The summed E-state index contributed by atoms with van der Waals surface area (Å²) in [6.07, 6.45) is 3.02. The van der Waals surface area contributed by atoms with Gasteiger partial charge in [0.1, 0.15) is 5.69 Å². The van der Waals surface area contributed by atoms with Gasteiger partial charge in [0.05, 0.1) is 6.33 Å². The van der Waals surface area contributed by atoms with Crippen LogP contribution in [-0.2, 0) is 6.54 Å². The summed E-state index contributed by atoms with van der Waals surface area (Å²) in [4.78, 5) is 14.7. The molecule has 2 aromatic rings. The van der Waals surface area contributed by atoms with Gasteiger partial charge in [-0.15, -0.1) is 0 Å². The molecule has 0 amide bonds. The zero-order chi connectivity index (χ0) is 11.5. The van der Waals surface area contributed by atoms with Crippen LogP contribution in [0.3, 0.4) is 0 Å². The predicted molar refractivity (Wildman–Crippen MR) is 63.5 cm³/mol. The van der Waals surface area contributed by atoms with E-state index in [0.717, 1.165) is 5.56 Å².